The number of halogens is 1. The molecular formula is C18H19BrN4O2. The van der Waals surface area contributed by atoms with Crippen molar-refractivity contribution in [3.8, 4) is 11.1 Å². The van der Waals surface area contributed by atoms with Crippen LogP contribution in [0.3, 0.4) is 0 Å². The molecule has 3 aromatic heterocycles. The first kappa shape index (κ1) is 17.4. The monoisotopic (exact) mass is 402 g/mol. The number of amides is 1. The van der Waals surface area contributed by atoms with Gasteiger partial charge in [-0.2, -0.15) is 5.10 Å². The molecule has 130 valence electrons. The van der Waals surface area contributed by atoms with Crippen LogP contribution in [-0.4, -0.2) is 32.3 Å². The van der Waals surface area contributed by atoms with Crippen molar-refractivity contribution >= 4 is 27.5 Å². The van der Waals surface area contributed by atoms with Gasteiger partial charge in [0.1, 0.15) is 0 Å². The molecule has 0 radical (unpaired) electrons. The van der Waals surface area contributed by atoms with Crippen molar-refractivity contribution in [2.24, 2.45) is 0 Å². The summed E-state index contributed by atoms with van der Waals surface area (Å²) in [6, 6.07) is 6.17. The lowest BCUT2D eigenvalue weighted by molar-refractivity contribution is 0.194. The molecule has 0 spiro atoms. The van der Waals surface area contributed by atoms with Crippen molar-refractivity contribution < 1.29 is 9.90 Å². The summed E-state index contributed by atoms with van der Waals surface area (Å²) < 4.78 is 2.87. The van der Waals surface area contributed by atoms with E-state index in [-0.39, 0.29) is 0 Å². The fourth-order valence-electron chi connectivity index (χ4n) is 3.06. The highest BCUT2D eigenvalue weighted by molar-refractivity contribution is 9.10. The number of hydrogen-bond acceptors (Lipinski definition) is 3. The predicted octanol–water partition coefficient (Wildman–Crippen LogP) is 3.84. The Morgan fingerprint density at radius 2 is 2.16 bits per heavy atom. The van der Waals surface area contributed by atoms with Crippen LogP contribution in [0.5, 0.6) is 0 Å². The fourth-order valence-corrected chi connectivity index (χ4v) is 3.43. The second kappa shape index (κ2) is 7.23. The minimum atomic E-state index is -1.02. The number of nitrogens with zero attached hydrogens (tertiary/aromatic N) is 3. The van der Waals surface area contributed by atoms with E-state index in [0.717, 1.165) is 44.5 Å². The molecule has 0 saturated carbocycles. The van der Waals surface area contributed by atoms with Gasteiger partial charge in [-0.3, -0.25) is 4.98 Å². The van der Waals surface area contributed by atoms with Gasteiger partial charge in [0.15, 0.2) is 0 Å². The maximum absolute atomic E-state index is 10.8. The van der Waals surface area contributed by atoms with Crippen LogP contribution in [0.4, 0.5) is 4.79 Å². The van der Waals surface area contributed by atoms with Gasteiger partial charge < -0.3 is 10.4 Å². The number of rotatable bonds is 5. The Labute approximate surface area is 154 Å². The number of hydrogen-bond donors (Lipinski definition) is 2. The average Bonchev–Trinajstić information content (AvgIpc) is 2.97. The van der Waals surface area contributed by atoms with Gasteiger partial charge in [0.2, 0.25) is 0 Å². The molecule has 0 aromatic carbocycles. The minimum absolute atomic E-state index is 0.337. The molecule has 2 N–H and O–H groups in total. The first-order valence-corrected chi connectivity index (χ1v) is 8.88. The highest BCUT2D eigenvalue weighted by atomic mass is 79.9. The number of nitrogens with one attached hydrogen (secondary N) is 1. The van der Waals surface area contributed by atoms with Crippen molar-refractivity contribution in [2.75, 3.05) is 6.54 Å². The van der Waals surface area contributed by atoms with Gasteiger partial charge in [-0.15, -0.1) is 0 Å². The molecule has 3 aromatic rings. The van der Waals surface area contributed by atoms with E-state index in [2.05, 4.69) is 45.3 Å². The normalized spacial score (nSPS) is 11.0. The van der Waals surface area contributed by atoms with E-state index in [9.17, 15) is 4.79 Å². The first-order valence-electron chi connectivity index (χ1n) is 8.09. The van der Waals surface area contributed by atoms with Crippen LogP contribution in [0.1, 0.15) is 23.9 Å². The van der Waals surface area contributed by atoms with Crippen molar-refractivity contribution in [2.45, 2.75) is 26.7 Å². The Bertz CT molecular complexity index is 936. The van der Waals surface area contributed by atoms with E-state index in [1.165, 1.54) is 0 Å². The van der Waals surface area contributed by atoms with Crippen molar-refractivity contribution in [3.63, 3.8) is 0 Å². The summed E-state index contributed by atoms with van der Waals surface area (Å²) in [5, 5.41) is 16.0. The van der Waals surface area contributed by atoms with E-state index >= 15 is 0 Å². The molecule has 0 fully saturated rings. The summed E-state index contributed by atoms with van der Waals surface area (Å²) in [6.45, 7) is 4.40. The zero-order valence-corrected chi connectivity index (χ0v) is 15.7. The lowest BCUT2D eigenvalue weighted by atomic mass is 9.97. The third-order valence-electron chi connectivity index (χ3n) is 4.19. The third kappa shape index (κ3) is 3.51. The van der Waals surface area contributed by atoms with Crippen molar-refractivity contribution in [3.05, 3.63) is 52.0 Å². The molecule has 0 aliphatic heterocycles. The van der Waals surface area contributed by atoms with Crippen molar-refractivity contribution in [1.29, 1.82) is 0 Å². The average molecular weight is 403 g/mol. The lowest BCUT2D eigenvalue weighted by Gasteiger charge is -2.15. The van der Waals surface area contributed by atoms with Gasteiger partial charge in [-0.25, -0.2) is 9.31 Å². The predicted molar refractivity (Wildman–Crippen MR) is 100.0 cm³/mol. The first-order chi connectivity index (χ1) is 12.0. The second-order valence-corrected chi connectivity index (χ2v) is 6.70. The summed E-state index contributed by atoms with van der Waals surface area (Å²) in [5.41, 5.74) is 6.09. The number of carboxylic acid groups (broad SMARTS) is 1. The molecule has 0 unspecified atom stereocenters. The topological polar surface area (TPSA) is 79.5 Å². The molecular weight excluding hydrogens is 384 g/mol. The van der Waals surface area contributed by atoms with E-state index in [4.69, 9.17) is 10.2 Å². The van der Waals surface area contributed by atoms with Crippen LogP contribution in [0.25, 0.3) is 16.6 Å². The van der Waals surface area contributed by atoms with Gasteiger partial charge in [0.05, 0.1) is 11.2 Å². The molecule has 3 heterocycles. The molecule has 0 atom stereocenters. The number of aromatic nitrogens is 3. The van der Waals surface area contributed by atoms with Gasteiger partial charge in [-0.1, -0.05) is 6.92 Å². The largest absolute Gasteiger partial charge is 0.465 e. The van der Waals surface area contributed by atoms with E-state index in [1.54, 1.807) is 6.20 Å². The van der Waals surface area contributed by atoms with E-state index < -0.39 is 6.09 Å². The van der Waals surface area contributed by atoms with Crippen LogP contribution in [0, 0.1) is 6.92 Å². The molecule has 0 saturated heterocycles. The SMILES string of the molecule is CCc1ccc2c(-c3cncc(Br)c3)c(CCNC(=O)O)c(C)nn12. The Hall–Kier alpha value is -2.41. The summed E-state index contributed by atoms with van der Waals surface area (Å²) in [7, 11) is 0. The van der Waals surface area contributed by atoms with E-state index in [1.807, 2.05) is 23.7 Å². The van der Waals surface area contributed by atoms with Gasteiger partial charge in [0.25, 0.3) is 0 Å². The molecule has 0 aliphatic rings. The summed E-state index contributed by atoms with van der Waals surface area (Å²) in [6.07, 6.45) is 4.00. The Balaban J connectivity index is 2.20. The summed E-state index contributed by atoms with van der Waals surface area (Å²) in [5.74, 6) is 0. The molecule has 7 heteroatoms. The zero-order valence-electron chi connectivity index (χ0n) is 14.1. The molecule has 25 heavy (non-hydrogen) atoms. The highest BCUT2D eigenvalue weighted by Gasteiger charge is 2.17. The van der Waals surface area contributed by atoms with Crippen LogP contribution < -0.4 is 5.32 Å². The van der Waals surface area contributed by atoms with Crippen LogP contribution in [0.15, 0.2) is 35.1 Å². The maximum atomic E-state index is 10.8. The zero-order chi connectivity index (χ0) is 18.0. The minimum Gasteiger partial charge on any atom is -0.465 e. The van der Waals surface area contributed by atoms with Gasteiger partial charge in [-0.05, 0) is 59.5 Å². The molecule has 1 amide bonds. The van der Waals surface area contributed by atoms with Crippen LogP contribution >= 0.6 is 15.9 Å². The standard InChI is InChI=1S/C18H19BrN4O2/c1-3-14-4-5-16-17(12-8-13(19)10-20-9-12)15(6-7-21-18(24)25)11(2)22-23(14)16/h4-5,8-10,21H,3,6-7H2,1-2H3,(H,24,25). The fraction of sp³-hybridized carbons (Fsp3) is 0.278. The molecule has 3 rings (SSSR count). The van der Waals surface area contributed by atoms with Crippen molar-refractivity contribution in [1.82, 2.24) is 19.9 Å². The molecule has 0 bridgehead atoms. The summed E-state index contributed by atoms with van der Waals surface area (Å²) >= 11 is 3.48. The maximum Gasteiger partial charge on any atom is 0.404 e. The quantitative estimate of drug-likeness (QED) is 0.679. The van der Waals surface area contributed by atoms with Gasteiger partial charge in [0, 0.05) is 40.2 Å². The number of aryl methyl sites for hydroxylation is 2. The van der Waals surface area contributed by atoms with E-state index in [0.29, 0.717) is 13.0 Å². The van der Waals surface area contributed by atoms with Gasteiger partial charge >= 0.3 is 6.09 Å². The van der Waals surface area contributed by atoms with Crippen LogP contribution in [-0.2, 0) is 12.8 Å². The molecule has 6 nitrogen and oxygen atoms in total. The van der Waals surface area contributed by atoms with Crippen LogP contribution in [0.2, 0.25) is 0 Å². The highest BCUT2D eigenvalue weighted by Crippen LogP contribution is 2.32. The molecule has 0 aliphatic carbocycles. The lowest BCUT2D eigenvalue weighted by Crippen LogP contribution is -2.24. The smallest absolute Gasteiger partial charge is 0.404 e. The number of fused-ring (bicyclic) bond motifs is 1. The summed E-state index contributed by atoms with van der Waals surface area (Å²) in [4.78, 5) is 15.1. The third-order valence-corrected chi connectivity index (χ3v) is 4.62. The Morgan fingerprint density at radius 3 is 2.84 bits per heavy atom. The second-order valence-electron chi connectivity index (χ2n) is 5.79. The Kier molecular flexibility index (Phi) is 5.03. The Morgan fingerprint density at radius 1 is 1.36 bits per heavy atom. The number of carbonyl (C=O) groups is 1. The number of pyridine rings is 1.